The van der Waals surface area contributed by atoms with E-state index >= 15 is 0 Å². The lowest BCUT2D eigenvalue weighted by Crippen LogP contribution is -2.30. The van der Waals surface area contributed by atoms with E-state index in [1.807, 2.05) is 0 Å². The van der Waals surface area contributed by atoms with E-state index in [0.29, 0.717) is 38.5 Å². The Labute approximate surface area is 241 Å². The Hall–Kier alpha value is -4.11. The van der Waals surface area contributed by atoms with E-state index in [1.165, 1.54) is 41.1 Å². The van der Waals surface area contributed by atoms with E-state index in [-0.39, 0.29) is 5.70 Å². The van der Waals surface area contributed by atoms with Crippen LogP contribution in [0.2, 0.25) is 0 Å². The van der Waals surface area contributed by atoms with Gasteiger partial charge in [-0.3, -0.25) is 9.69 Å². The summed E-state index contributed by atoms with van der Waals surface area (Å²) in [7, 11) is 3.07. The average Bonchev–Trinajstić information content (AvgIpc) is 3.34. The summed E-state index contributed by atoms with van der Waals surface area (Å²) in [5.41, 5.74) is 8.41. The summed E-state index contributed by atoms with van der Waals surface area (Å²) in [4.78, 5) is 0.524. The van der Waals surface area contributed by atoms with E-state index in [1.54, 1.807) is 49.5 Å². The van der Waals surface area contributed by atoms with Crippen LogP contribution in [0, 0.1) is 0 Å². The molecule has 42 heavy (non-hydrogen) atoms. The summed E-state index contributed by atoms with van der Waals surface area (Å²) < 4.78 is 86.4. The van der Waals surface area contributed by atoms with E-state index < -0.39 is 35.1 Å². The van der Waals surface area contributed by atoms with Crippen molar-refractivity contribution in [3.63, 3.8) is 0 Å². The van der Waals surface area contributed by atoms with Gasteiger partial charge in [0.25, 0.3) is 5.92 Å². The van der Waals surface area contributed by atoms with Gasteiger partial charge in [-0.15, -0.1) is 17.9 Å². The molecule has 14 heteroatoms. The molecule has 1 unspecified atom stereocenters. The maximum absolute atomic E-state index is 14.1. The van der Waals surface area contributed by atoms with Crippen LogP contribution in [0.25, 0.3) is 28.1 Å². The first-order valence-corrected chi connectivity index (χ1v) is 13.5. The Morgan fingerprint density at radius 1 is 1.02 bits per heavy atom. The first-order valence-electron chi connectivity index (χ1n) is 12.3. The highest BCUT2D eigenvalue weighted by Gasteiger charge is 2.31. The summed E-state index contributed by atoms with van der Waals surface area (Å²) >= 11 is -1.45. The third-order valence-corrected chi connectivity index (χ3v) is 7.28. The number of hydrogen-bond acceptors (Lipinski definition) is 7. The predicted molar refractivity (Wildman–Crippen MR) is 151 cm³/mol. The molecule has 0 bridgehead atoms. The van der Waals surface area contributed by atoms with Crippen molar-refractivity contribution < 1.29 is 31.2 Å². The number of hydrogen-bond donors (Lipinski definition) is 3. The molecule has 8 nitrogen and oxygen atoms in total. The normalized spacial score (nSPS) is 13.2. The Balaban J connectivity index is 1.84. The van der Waals surface area contributed by atoms with Crippen LogP contribution < -0.4 is 26.0 Å². The minimum atomic E-state index is -4.86. The molecular formula is C28H27F5N6O2S. The molecule has 0 aliphatic carbocycles. The van der Waals surface area contributed by atoms with Crippen molar-refractivity contribution >= 4 is 22.7 Å². The molecular weight excluding hydrogens is 579 g/mol. The quantitative estimate of drug-likeness (QED) is 0.0977. The Morgan fingerprint density at radius 3 is 2.26 bits per heavy atom. The first kappa shape index (κ1) is 30.8. The third kappa shape index (κ3) is 6.85. The van der Waals surface area contributed by atoms with Crippen LogP contribution in [-0.4, -0.2) is 27.7 Å². The van der Waals surface area contributed by atoms with Gasteiger partial charge in [0.15, 0.2) is 4.90 Å². The van der Waals surface area contributed by atoms with E-state index in [0.717, 1.165) is 19.1 Å². The van der Waals surface area contributed by atoms with Crippen molar-refractivity contribution in [1.82, 2.24) is 14.5 Å². The molecule has 5 N–H and O–H groups in total. The minimum absolute atomic E-state index is 0.195. The topological polar surface area (TPSA) is 117 Å². The van der Waals surface area contributed by atoms with Crippen LogP contribution >= 0.6 is 0 Å². The average molecular weight is 607 g/mol. The molecule has 0 aliphatic heterocycles. The third-order valence-electron chi connectivity index (χ3n) is 6.23. The molecule has 0 radical (unpaired) electrons. The number of nitrogens with one attached hydrogen (secondary N) is 1. The number of alkyl halides is 5. The number of nitrogens with two attached hydrogens (primary N) is 2. The minimum Gasteiger partial charge on any atom is -0.593 e. The fraction of sp³-hybridized carbons (Fsp3) is 0.179. The van der Waals surface area contributed by atoms with Gasteiger partial charge in [-0.1, -0.05) is 24.3 Å². The molecule has 0 saturated carbocycles. The summed E-state index contributed by atoms with van der Waals surface area (Å²) in [5, 5.41) is 5.16. The Kier molecular flexibility index (Phi) is 8.82. The molecule has 1 heterocycles. The smallest absolute Gasteiger partial charge is 0.573 e. The lowest BCUT2D eigenvalue weighted by Gasteiger charge is -2.25. The Bertz CT molecular complexity index is 1590. The first-order chi connectivity index (χ1) is 19.7. The second-order valence-electron chi connectivity index (χ2n) is 9.15. The number of benzene rings is 3. The number of nitrogens with zero attached hydrogens (tertiary/aromatic N) is 3. The Morgan fingerprint density at radius 2 is 1.69 bits per heavy atom. The van der Waals surface area contributed by atoms with Gasteiger partial charge in [-0.05, 0) is 53.6 Å². The second kappa shape index (κ2) is 12.0. The van der Waals surface area contributed by atoms with E-state index in [4.69, 9.17) is 11.6 Å². The molecule has 0 fully saturated rings. The van der Waals surface area contributed by atoms with Crippen molar-refractivity contribution in [2.75, 3.05) is 12.1 Å². The number of ether oxygens (including phenoxy) is 1. The van der Waals surface area contributed by atoms with Crippen molar-refractivity contribution in [2.24, 2.45) is 18.6 Å². The van der Waals surface area contributed by atoms with Gasteiger partial charge in [0, 0.05) is 44.4 Å². The van der Waals surface area contributed by atoms with Crippen molar-refractivity contribution in [2.45, 2.75) is 24.1 Å². The van der Waals surface area contributed by atoms with Crippen LogP contribution in [0.3, 0.4) is 0 Å². The van der Waals surface area contributed by atoms with Crippen LogP contribution in [0.5, 0.6) is 5.75 Å². The van der Waals surface area contributed by atoms with Crippen molar-refractivity contribution in [3.8, 4) is 28.1 Å². The zero-order valence-corrected chi connectivity index (χ0v) is 23.4. The van der Waals surface area contributed by atoms with Crippen molar-refractivity contribution in [1.29, 1.82) is 0 Å². The molecule has 222 valence electrons. The summed E-state index contributed by atoms with van der Waals surface area (Å²) in [6.45, 7) is 0.738. The molecule has 3 aromatic carbocycles. The van der Waals surface area contributed by atoms with Gasteiger partial charge in [0.2, 0.25) is 0 Å². The van der Waals surface area contributed by atoms with Crippen LogP contribution in [-0.2, 0) is 24.3 Å². The molecule has 0 saturated heterocycles. The number of aryl methyl sites for hydroxylation is 1. The monoisotopic (exact) mass is 606 g/mol. The lowest BCUT2D eigenvalue weighted by atomic mass is 9.99. The van der Waals surface area contributed by atoms with Crippen LogP contribution in [0.1, 0.15) is 18.2 Å². The zero-order chi connectivity index (χ0) is 30.8. The highest BCUT2D eigenvalue weighted by atomic mass is 32.2. The standard InChI is InChI=1S/C28H27F5N6O2S/c1-27(29,30)26-15-23(38(3)37-26)22-12-9-19(18-5-4-6-21(13-18)42(40)36-2)14-24(22)39(35)25(16-34)17-7-10-20(11-8-17)41-28(31,32)33/h4-16,36H,34-35H2,1-3H3/b25-16-. The van der Waals surface area contributed by atoms with Crippen molar-refractivity contribution in [3.05, 3.63) is 90.3 Å². The van der Waals surface area contributed by atoms with Gasteiger partial charge in [0.1, 0.15) is 11.4 Å². The highest BCUT2D eigenvalue weighted by Crippen LogP contribution is 2.39. The highest BCUT2D eigenvalue weighted by molar-refractivity contribution is 7.89. The summed E-state index contributed by atoms with van der Waals surface area (Å²) in [6.07, 6.45) is -3.70. The number of rotatable bonds is 9. The second-order valence-corrected chi connectivity index (χ2v) is 10.6. The van der Waals surface area contributed by atoms with Gasteiger partial charge in [-0.2, -0.15) is 13.9 Å². The van der Waals surface area contributed by atoms with E-state index in [2.05, 4.69) is 14.6 Å². The van der Waals surface area contributed by atoms with Gasteiger partial charge in [-0.25, -0.2) is 5.84 Å². The molecule has 0 aliphatic rings. The van der Waals surface area contributed by atoms with Gasteiger partial charge in [0.05, 0.1) is 28.4 Å². The molecule has 4 aromatic rings. The summed E-state index contributed by atoms with van der Waals surface area (Å²) in [5.74, 6) is 2.95. The number of aromatic nitrogens is 2. The number of anilines is 1. The fourth-order valence-electron chi connectivity index (χ4n) is 4.24. The molecule has 1 aromatic heterocycles. The van der Waals surface area contributed by atoms with Gasteiger partial charge < -0.3 is 15.0 Å². The fourth-order valence-corrected chi connectivity index (χ4v) is 4.91. The SMILES string of the molecule is CN[S+]([O-])c1cccc(-c2ccc(-c3cc(C(C)(F)F)nn3C)c(N(N)/C(=C\N)c3ccc(OC(F)(F)F)cc3)c2)c1. The lowest BCUT2D eigenvalue weighted by molar-refractivity contribution is -0.274. The largest absolute Gasteiger partial charge is 0.593 e. The van der Waals surface area contributed by atoms with Crippen LogP contribution in [0.15, 0.2) is 83.9 Å². The number of halogens is 5. The predicted octanol–water partition coefficient (Wildman–Crippen LogP) is 5.64. The number of hydrazine groups is 1. The zero-order valence-electron chi connectivity index (χ0n) is 22.6. The maximum atomic E-state index is 14.1. The van der Waals surface area contributed by atoms with Crippen LogP contribution in [0.4, 0.5) is 27.6 Å². The molecule has 0 spiro atoms. The van der Waals surface area contributed by atoms with E-state index in [9.17, 15) is 26.5 Å². The van der Waals surface area contributed by atoms with Gasteiger partial charge >= 0.3 is 6.36 Å². The maximum Gasteiger partial charge on any atom is 0.573 e. The summed E-state index contributed by atoms with van der Waals surface area (Å²) in [6, 6.07) is 18.2. The molecule has 0 amide bonds. The molecule has 4 rings (SSSR count). The molecule has 1 atom stereocenters.